The Labute approximate surface area is 141 Å². The van der Waals surface area contributed by atoms with E-state index in [0.717, 1.165) is 16.4 Å². The van der Waals surface area contributed by atoms with E-state index in [2.05, 4.69) is 0 Å². The molecule has 0 radical (unpaired) electrons. The van der Waals surface area contributed by atoms with Crippen LogP contribution in [0, 0.1) is 0 Å². The first-order valence-corrected chi connectivity index (χ1v) is 8.89. The van der Waals surface area contributed by atoms with Crippen molar-refractivity contribution in [1.82, 2.24) is 4.72 Å². The molecule has 0 spiro atoms. The molecule has 0 fully saturated rings. The quantitative estimate of drug-likeness (QED) is 0.817. The van der Waals surface area contributed by atoms with E-state index in [0.29, 0.717) is 11.5 Å². The average molecular weight is 353 g/mol. The van der Waals surface area contributed by atoms with E-state index in [1.54, 1.807) is 12.1 Å². The lowest BCUT2D eigenvalue weighted by atomic mass is 10.0. The fraction of sp³-hybridized carbons (Fsp3) is 0.375. The molecular weight excluding hydrogens is 332 g/mol. The van der Waals surface area contributed by atoms with Gasteiger partial charge in [0.25, 0.3) is 5.09 Å². The highest BCUT2D eigenvalue weighted by molar-refractivity contribution is 7.89. The summed E-state index contributed by atoms with van der Waals surface area (Å²) in [6, 6.07) is 3.85. The summed E-state index contributed by atoms with van der Waals surface area (Å²) in [6.07, 6.45) is 4.12. The summed E-state index contributed by atoms with van der Waals surface area (Å²) in [5, 5.41) is 9.41. The number of rotatable bonds is 4. The maximum absolute atomic E-state index is 12.2. The van der Waals surface area contributed by atoms with Gasteiger partial charge < -0.3 is 9.52 Å². The molecule has 8 heteroatoms. The number of carbonyl (C=O) groups is 1. The van der Waals surface area contributed by atoms with E-state index < -0.39 is 26.7 Å². The zero-order valence-corrected chi connectivity index (χ0v) is 14.8. The van der Waals surface area contributed by atoms with Crippen molar-refractivity contribution in [2.24, 2.45) is 0 Å². The van der Waals surface area contributed by atoms with Gasteiger partial charge in [0.05, 0.1) is 24.3 Å². The van der Waals surface area contributed by atoms with E-state index in [1.807, 2.05) is 18.6 Å². The summed E-state index contributed by atoms with van der Waals surface area (Å²) in [4.78, 5) is 12.1. The summed E-state index contributed by atoms with van der Waals surface area (Å²) >= 11 is 0. The molecule has 24 heavy (non-hydrogen) atoms. The number of hydrogen-bond acceptors (Lipinski definition) is 5. The van der Waals surface area contributed by atoms with Gasteiger partial charge in [-0.25, -0.2) is 0 Å². The lowest BCUT2D eigenvalue weighted by Gasteiger charge is -2.13. The summed E-state index contributed by atoms with van der Waals surface area (Å²) in [5.74, 6) is 0.301. The van der Waals surface area contributed by atoms with Gasteiger partial charge in [-0.05, 0) is 37.5 Å². The second-order valence-electron chi connectivity index (χ2n) is 6.32. The Morgan fingerprint density at radius 1 is 1.29 bits per heavy atom. The maximum Gasteiger partial charge on any atom is 0.511 e. The first kappa shape index (κ1) is 18.2. The molecule has 0 unspecified atom stereocenters. The van der Waals surface area contributed by atoms with Gasteiger partial charge in [-0.15, -0.1) is 4.72 Å². The molecule has 2 heterocycles. The predicted octanol–water partition coefficient (Wildman–Crippen LogP) is 1.86. The summed E-state index contributed by atoms with van der Waals surface area (Å²) in [7, 11) is -4.17. The minimum Gasteiger partial charge on any atom is -0.449 e. The largest absolute Gasteiger partial charge is 0.511 e. The molecule has 0 aliphatic carbocycles. The monoisotopic (exact) mass is 353 g/mol. The maximum atomic E-state index is 12.2. The van der Waals surface area contributed by atoms with Crippen LogP contribution in [0.3, 0.4) is 0 Å². The first-order chi connectivity index (χ1) is 11.0. The van der Waals surface area contributed by atoms with Crippen molar-refractivity contribution in [2.75, 3.05) is 0 Å². The van der Waals surface area contributed by atoms with E-state index in [1.165, 1.54) is 32.3 Å². The van der Waals surface area contributed by atoms with Gasteiger partial charge in [-0.1, -0.05) is 13.8 Å². The van der Waals surface area contributed by atoms with Gasteiger partial charge in [-0.2, -0.15) is 17.8 Å². The molecule has 2 aromatic rings. The van der Waals surface area contributed by atoms with Crippen molar-refractivity contribution in [3.8, 4) is 0 Å². The molecule has 2 aromatic heterocycles. The number of nitrogens with zero attached hydrogens (tertiary/aromatic N) is 1. The first-order valence-electron chi connectivity index (χ1n) is 7.40. The van der Waals surface area contributed by atoms with Crippen molar-refractivity contribution < 1.29 is 27.3 Å². The van der Waals surface area contributed by atoms with Crippen molar-refractivity contribution >= 4 is 16.1 Å². The molecular formula is C16H21N2O5S+. The van der Waals surface area contributed by atoms with Gasteiger partial charge in [0, 0.05) is 11.6 Å². The lowest BCUT2D eigenvalue weighted by molar-refractivity contribution is -0.571. The number of nitrogens with one attached hydrogen (secondary N) is 1. The minimum absolute atomic E-state index is 0.296. The van der Waals surface area contributed by atoms with Crippen LogP contribution in [0.2, 0.25) is 0 Å². The summed E-state index contributed by atoms with van der Waals surface area (Å²) < 4.78 is 32.4. The van der Waals surface area contributed by atoms with Gasteiger partial charge in [-0.3, -0.25) is 0 Å². The van der Waals surface area contributed by atoms with Crippen molar-refractivity contribution in [2.45, 2.75) is 44.3 Å². The average Bonchev–Trinajstić information content (AvgIpc) is 2.97. The van der Waals surface area contributed by atoms with Gasteiger partial charge in [0.15, 0.2) is 0 Å². The molecule has 130 valence electrons. The van der Waals surface area contributed by atoms with E-state index in [-0.39, 0.29) is 0 Å². The zero-order valence-electron chi connectivity index (χ0n) is 14.0. The Morgan fingerprint density at radius 3 is 2.33 bits per heavy atom. The minimum atomic E-state index is -4.17. The number of hydrogen-bond donors (Lipinski definition) is 2. The van der Waals surface area contributed by atoms with Gasteiger partial charge in [0.2, 0.25) is 0 Å². The van der Waals surface area contributed by atoms with E-state index >= 15 is 0 Å². The smallest absolute Gasteiger partial charge is 0.449 e. The number of aromatic nitrogens is 1. The third-order valence-corrected chi connectivity index (χ3v) is 4.71. The number of amides is 1. The number of pyridine rings is 1. The van der Waals surface area contributed by atoms with Crippen LogP contribution in [0.4, 0.5) is 4.79 Å². The third-order valence-electron chi connectivity index (χ3n) is 3.52. The number of aliphatic hydroxyl groups is 1. The fourth-order valence-electron chi connectivity index (χ4n) is 1.95. The van der Waals surface area contributed by atoms with Crippen LogP contribution in [0.1, 0.15) is 44.7 Å². The van der Waals surface area contributed by atoms with Gasteiger partial charge in [0.1, 0.15) is 0 Å². The van der Waals surface area contributed by atoms with Crippen molar-refractivity contribution in [3.05, 3.63) is 48.0 Å². The zero-order chi connectivity index (χ0) is 18.1. The van der Waals surface area contributed by atoms with E-state index in [9.17, 15) is 18.3 Å². The second kappa shape index (κ2) is 6.37. The van der Waals surface area contributed by atoms with Crippen LogP contribution in [0.15, 0.2) is 46.4 Å². The van der Waals surface area contributed by atoms with E-state index in [4.69, 9.17) is 4.42 Å². The molecule has 2 rings (SSSR count). The summed E-state index contributed by atoms with van der Waals surface area (Å²) in [5.41, 5.74) is 0.0786. The highest BCUT2D eigenvalue weighted by Crippen LogP contribution is 2.24. The Kier molecular flexibility index (Phi) is 4.82. The van der Waals surface area contributed by atoms with Crippen molar-refractivity contribution in [1.29, 1.82) is 0 Å². The number of sulfonamides is 1. The molecule has 0 saturated carbocycles. The molecule has 0 aromatic carbocycles. The number of carbonyl (C=O) groups excluding carboxylic acids is 1. The van der Waals surface area contributed by atoms with Crippen molar-refractivity contribution in [3.63, 3.8) is 0 Å². The molecule has 0 aliphatic heterocycles. The molecule has 7 nitrogen and oxygen atoms in total. The fourth-order valence-corrected chi connectivity index (χ4v) is 2.85. The van der Waals surface area contributed by atoms with Crippen LogP contribution in [-0.4, -0.2) is 19.6 Å². The Bertz CT molecular complexity index is 830. The normalized spacial score (nSPS) is 12.4. The predicted molar refractivity (Wildman–Crippen MR) is 85.8 cm³/mol. The molecule has 0 saturated heterocycles. The Morgan fingerprint density at radius 2 is 1.88 bits per heavy atom. The summed E-state index contributed by atoms with van der Waals surface area (Å²) in [6.45, 7) is 7.03. The molecule has 0 aliphatic rings. The van der Waals surface area contributed by atoms with Crippen LogP contribution in [0.5, 0.6) is 0 Å². The molecule has 2 N–H and O–H groups in total. The van der Waals surface area contributed by atoms with Crippen LogP contribution >= 0.6 is 0 Å². The molecule has 0 atom stereocenters. The van der Waals surface area contributed by atoms with Crippen LogP contribution in [0.25, 0.3) is 0 Å². The standard InChI is InChI=1S/C16H20N2O5S/c1-11(2)12-5-7-18(8-6-12)15(19)17-24(21,22)14-9-13(10-23-14)16(3,4)20/h5-11,20H,1-4H3/p+1. The third kappa shape index (κ3) is 4.01. The topological polar surface area (TPSA) is 100 Å². The molecule has 0 bridgehead atoms. The Hall–Kier alpha value is -2.19. The van der Waals surface area contributed by atoms with Gasteiger partial charge >= 0.3 is 16.1 Å². The lowest BCUT2D eigenvalue weighted by Crippen LogP contribution is -2.51. The number of furan rings is 1. The SMILES string of the molecule is CC(C)c1cc[n+](C(=O)NS(=O)(=O)c2cc(C(C)(C)O)co2)cc1. The molecule has 1 amide bonds. The second-order valence-corrected chi connectivity index (χ2v) is 7.93. The Balaban J connectivity index is 2.19. The highest BCUT2D eigenvalue weighted by atomic mass is 32.2. The van der Waals surface area contributed by atoms with Crippen LogP contribution in [-0.2, 0) is 15.6 Å². The highest BCUT2D eigenvalue weighted by Gasteiger charge is 2.31. The van der Waals surface area contributed by atoms with Crippen LogP contribution < -0.4 is 9.29 Å².